The highest BCUT2D eigenvalue weighted by Gasteiger charge is 2.29. The van der Waals surface area contributed by atoms with Crippen LogP contribution < -0.4 is 5.73 Å². The Balaban J connectivity index is 1.64. The van der Waals surface area contributed by atoms with Crippen LogP contribution in [0.1, 0.15) is 37.2 Å². The van der Waals surface area contributed by atoms with Crippen LogP contribution in [0, 0.1) is 5.92 Å². The van der Waals surface area contributed by atoms with E-state index in [0.717, 1.165) is 44.3 Å². The molecule has 1 aromatic carbocycles. The number of carboxylic acid groups (broad SMARTS) is 1. The van der Waals surface area contributed by atoms with Crippen molar-refractivity contribution in [2.24, 2.45) is 11.7 Å². The minimum atomic E-state index is -0.684. The molecule has 1 unspecified atom stereocenters. The van der Waals surface area contributed by atoms with E-state index in [2.05, 4.69) is 11.0 Å². The van der Waals surface area contributed by atoms with Gasteiger partial charge in [0.15, 0.2) is 0 Å². The van der Waals surface area contributed by atoms with Crippen LogP contribution in [0.2, 0.25) is 10.0 Å². The van der Waals surface area contributed by atoms with Crippen LogP contribution in [-0.2, 0) is 4.79 Å². The molecule has 4 nitrogen and oxygen atoms in total. The summed E-state index contributed by atoms with van der Waals surface area (Å²) < 4.78 is 0. The summed E-state index contributed by atoms with van der Waals surface area (Å²) in [5.74, 6) is -0.731. The molecule has 1 aliphatic carbocycles. The van der Waals surface area contributed by atoms with Crippen molar-refractivity contribution < 1.29 is 9.90 Å². The zero-order valence-electron chi connectivity index (χ0n) is 14.1. The summed E-state index contributed by atoms with van der Waals surface area (Å²) >= 11 is 12.3. The van der Waals surface area contributed by atoms with Crippen molar-refractivity contribution in [1.29, 1.82) is 0 Å². The minimum absolute atomic E-state index is 0.0127. The van der Waals surface area contributed by atoms with Gasteiger partial charge in [-0.3, -0.25) is 9.69 Å². The Morgan fingerprint density at radius 3 is 2.84 bits per heavy atom. The van der Waals surface area contributed by atoms with Gasteiger partial charge in [0, 0.05) is 35.1 Å². The Labute approximate surface area is 158 Å². The molecule has 0 bridgehead atoms. The van der Waals surface area contributed by atoms with E-state index in [4.69, 9.17) is 28.9 Å². The molecule has 1 heterocycles. The summed E-state index contributed by atoms with van der Waals surface area (Å²) in [5.41, 5.74) is 8.80. The predicted molar refractivity (Wildman–Crippen MR) is 101 cm³/mol. The number of aliphatic carboxylic acids is 1. The van der Waals surface area contributed by atoms with Crippen molar-refractivity contribution in [3.05, 3.63) is 45.5 Å². The smallest absolute Gasteiger partial charge is 0.307 e. The van der Waals surface area contributed by atoms with Gasteiger partial charge in [0.2, 0.25) is 0 Å². The Bertz CT molecular complexity index is 677. The van der Waals surface area contributed by atoms with Gasteiger partial charge in [-0.2, -0.15) is 0 Å². The van der Waals surface area contributed by atoms with Gasteiger partial charge in [-0.05, 0) is 49.9 Å². The average Bonchev–Trinajstić information content (AvgIpc) is 2.56. The Kier molecular flexibility index (Phi) is 6.05. The number of carbonyl (C=O) groups is 1. The summed E-state index contributed by atoms with van der Waals surface area (Å²) in [7, 11) is 0. The van der Waals surface area contributed by atoms with Crippen LogP contribution in [-0.4, -0.2) is 41.7 Å². The van der Waals surface area contributed by atoms with E-state index in [1.54, 1.807) is 6.07 Å². The van der Waals surface area contributed by atoms with E-state index in [0.29, 0.717) is 16.6 Å². The first kappa shape index (κ1) is 18.7. The van der Waals surface area contributed by atoms with Gasteiger partial charge >= 0.3 is 5.97 Å². The zero-order valence-corrected chi connectivity index (χ0v) is 15.6. The van der Waals surface area contributed by atoms with Crippen molar-refractivity contribution >= 4 is 29.2 Å². The number of likely N-dealkylation sites (tertiary alicyclic amines) is 1. The zero-order chi connectivity index (χ0) is 18.0. The number of rotatable bonds is 4. The number of halogens is 2. The summed E-state index contributed by atoms with van der Waals surface area (Å²) in [6.07, 6.45) is 5.65. The average molecular weight is 383 g/mol. The first-order chi connectivity index (χ1) is 11.9. The summed E-state index contributed by atoms with van der Waals surface area (Å²) in [6.45, 7) is 2.41. The Hall–Kier alpha value is -1.07. The van der Waals surface area contributed by atoms with Gasteiger partial charge in [0.05, 0.1) is 5.92 Å². The Morgan fingerprint density at radius 1 is 1.36 bits per heavy atom. The van der Waals surface area contributed by atoms with Crippen LogP contribution in [0.15, 0.2) is 29.8 Å². The van der Waals surface area contributed by atoms with Gasteiger partial charge in [0.1, 0.15) is 0 Å². The molecule has 3 rings (SSSR count). The third-order valence-electron chi connectivity index (χ3n) is 5.32. The predicted octanol–water partition coefficient (Wildman–Crippen LogP) is 3.92. The maximum Gasteiger partial charge on any atom is 0.307 e. The number of benzene rings is 1. The number of piperidine rings is 1. The topological polar surface area (TPSA) is 66.6 Å². The van der Waals surface area contributed by atoms with E-state index in [-0.39, 0.29) is 17.9 Å². The fourth-order valence-corrected chi connectivity index (χ4v) is 4.52. The van der Waals surface area contributed by atoms with Crippen molar-refractivity contribution in [3.63, 3.8) is 0 Å². The van der Waals surface area contributed by atoms with Crippen LogP contribution in [0.3, 0.4) is 0 Å². The standard InChI is InChI=1S/C19H24Cl2N2O2/c20-14-4-6-15(17(21)9-14)16-5-3-12(8-18(16)22)10-23-7-1-2-13(11-23)19(24)25/h3-4,6,9,13,16,18H,1-2,5,7-8,10-11,22H2,(H,24,25)/t13?,16-,18+/m1/s1. The lowest BCUT2D eigenvalue weighted by Gasteiger charge is -2.35. The molecule has 0 aromatic heterocycles. The van der Waals surface area contributed by atoms with E-state index < -0.39 is 5.97 Å². The van der Waals surface area contributed by atoms with Gasteiger partial charge < -0.3 is 10.8 Å². The lowest BCUT2D eigenvalue weighted by atomic mass is 9.80. The highest BCUT2D eigenvalue weighted by Crippen LogP contribution is 2.36. The Morgan fingerprint density at radius 2 is 2.16 bits per heavy atom. The van der Waals surface area contributed by atoms with E-state index in [1.165, 1.54) is 5.57 Å². The fourth-order valence-electron chi connectivity index (χ4n) is 3.97. The molecule has 0 spiro atoms. The molecule has 0 amide bonds. The van der Waals surface area contributed by atoms with Crippen molar-refractivity contribution in [1.82, 2.24) is 4.90 Å². The lowest BCUT2D eigenvalue weighted by molar-refractivity contribution is -0.143. The third-order valence-corrected chi connectivity index (χ3v) is 5.88. The van der Waals surface area contributed by atoms with Crippen LogP contribution >= 0.6 is 23.2 Å². The van der Waals surface area contributed by atoms with Crippen molar-refractivity contribution in [3.8, 4) is 0 Å². The summed E-state index contributed by atoms with van der Waals surface area (Å²) in [6, 6.07) is 5.60. The first-order valence-corrected chi connectivity index (χ1v) is 9.53. The molecular formula is C19H24Cl2N2O2. The number of hydrogen-bond donors (Lipinski definition) is 2. The largest absolute Gasteiger partial charge is 0.481 e. The van der Waals surface area contributed by atoms with Crippen molar-refractivity contribution in [2.45, 2.75) is 37.6 Å². The molecule has 136 valence electrons. The second kappa shape index (κ2) is 8.09. The molecule has 2 aliphatic rings. The molecule has 1 saturated heterocycles. The van der Waals surface area contributed by atoms with Gasteiger partial charge in [0.25, 0.3) is 0 Å². The molecular weight excluding hydrogens is 359 g/mol. The van der Waals surface area contributed by atoms with Crippen LogP contribution in [0.4, 0.5) is 0 Å². The normalized spacial score (nSPS) is 27.8. The van der Waals surface area contributed by atoms with Crippen LogP contribution in [0.25, 0.3) is 0 Å². The summed E-state index contributed by atoms with van der Waals surface area (Å²) in [5, 5.41) is 10.5. The minimum Gasteiger partial charge on any atom is -0.481 e. The monoisotopic (exact) mass is 382 g/mol. The van der Waals surface area contributed by atoms with Crippen LogP contribution in [0.5, 0.6) is 0 Å². The van der Waals surface area contributed by atoms with Gasteiger partial charge in [-0.1, -0.05) is 40.9 Å². The molecule has 3 atom stereocenters. The molecule has 6 heteroatoms. The molecule has 0 saturated carbocycles. The molecule has 25 heavy (non-hydrogen) atoms. The van der Waals surface area contributed by atoms with E-state index in [1.807, 2.05) is 12.1 Å². The number of hydrogen-bond acceptors (Lipinski definition) is 3. The quantitative estimate of drug-likeness (QED) is 0.774. The highest BCUT2D eigenvalue weighted by molar-refractivity contribution is 6.35. The first-order valence-electron chi connectivity index (χ1n) is 8.77. The lowest BCUT2D eigenvalue weighted by Crippen LogP contribution is -2.41. The number of carboxylic acids is 1. The second-order valence-corrected chi connectivity index (χ2v) is 7.99. The third kappa shape index (κ3) is 4.56. The fraction of sp³-hybridized carbons (Fsp3) is 0.526. The highest BCUT2D eigenvalue weighted by atomic mass is 35.5. The second-order valence-electron chi connectivity index (χ2n) is 7.15. The SMILES string of the molecule is N[C@H]1CC(CN2CCCC(C(=O)O)C2)=CC[C@@H]1c1ccc(Cl)cc1Cl. The van der Waals surface area contributed by atoms with Crippen molar-refractivity contribution in [2.75, 3.05) is 19.6 Å². The maximum absolute atomic E-state index is 11.2. The molecule has 3 N–H and O–H groups in total. The van der Waals surface area contributed by atoms with E-state index in [9.17, 15) is 9.90 Å². The number of nitrogens with zero attached hydrogens (tertiary/aromatic N) is 1. The molecule has 1 fully saturated rings. The van der Waals surface area contributed by atoms with E-state index >= 15 is 0 Å². The molecule has 1 aromatic rings. The molecule has 0 radical (unpaired) electrons. The molecule has 1 aliphatic heterocycles. The number of allylic oxidation sites excluding steroid dienone is 1. The van der Waals surface area contributed by atoms with Gasteiger partial charge in [-0.15, -0.1) is 0 Å². The van der Waals surface area contributed by atoms with Gasteiger partial charge in [-0.25, -0.2) is 0 Å². The summed E-state index contributed by atoms with van der Waals surface area (Å²) in [4.78, 5) is 13.5. The number of nitrogens with two attached hydrogens (primary N) is 1. The maximum atomic E-state index is 11.2.